The zero-order chi connectivity index (χ0) is 23.6. The fourth-order valence-electron chi connectivity index (χ4n) is 5.03. The predicted octanol–water partition coefficient (Wildman–Crippen LogP) is 1.88. The first-order valence-electron chi connectivity index (χ1n) is 10.8. The van der Waals surface area contributed by atoms with E-state index in [4.69, 9.17) is 4.74 Å². The van der Waals surface area contributed by atoms with Gasteiger partial charge in [-0.25, -0.2) is 19.2 Å². The van der Waals surface area contributed by atoms with E-state index in [1.165, 1.54) is 17.5 Å². The Morgan fingerprint density at radius 1 is 1.38 bits per heavy atom. The number of thiazole rings is 1. The van der Waals surface area contributed by atoms with Crippen LogP contribution in [0.3, 0.4) is 0 Å². The highest BCUT2D eigenvalue weighted by Crippen LogP contribution is 2.41. The van der Waals surface area contributed by atoms with E-state index >= 15 is 4.39 Å². The Bertz CT molecular complexity index is 1400. The van der Waals surface area contributed by atoms with Crippen LogP contribution >= 0.6 is 11.3 Å². The van der Waals surface area contributed by atoms with E-state index in [0.29, 0.717) is 24.3 Å². The van der Waals surface area contributed by atoms with Gasteiger partial charge >= 0.3 is 5.97 Å². The molecule has 0 saturated carbocycles. The average Bonchev–Trinajstić information content (AvgIpc) is 3.46. The van der Waals surface area contributed by atoms with E-state index in [2.05, 4.69) is 14.9 Å². The molecule has 176 valence electrons. The number of ether oxygens (including phenoxy) is 1. The number of piperazine rings is 1. The van der Waals surface area contributed by atoms with Gasteiger partial charge in [0.05, 0.1) is 5.39 Å². The summed E-state index contributed by atoms with van der Waals surface area (Å²) in [4.78, 5) is 37.6. The van der Waals surface area contributed by atoms with Crippen LogP contribution in [0, 0.1) is 5.82 Å². The lowest BCUT2D eigenvalue weighted by Gasteiger charge is -2.40. The normalized spacial score (nSPS) is 21.2. The lowest BCUT2D eigenvalue weighted by molar-refractivity contribution is 0.0694. The molecule has 3 aromatic rings. The summed E-state index contributed by atoms with van der Waals surface area (Å²) < 4.78 is 23.0. The van der Waals surface area contributed by atoms with Crippen molar-refractivity contribution in [1.29, 1.82) is 0 Å². The van der Waals surface area contributed by atoms with Crippen molar-refractivity contribution >= 4 is 44.7 Å². The molecule has 0 aliphatic carbocycles. The maximum Gasteiger partial charge on any atom is 0.341 e. The second-order valence-corrected chi connectivity index (χ2v) is 9.53. The van der Waals surface area contributed by atoms with E-state index in [-0.39, 0.29) is 23.9 Å². The Morgan fingerprint density at radius 3 is 3.00 bits per heavy atom. The van der Waals surface area contributed by atoms with E-state index in [9.17, 15) is 14.7 Å². The van der Waals surface area contributed by atoms with Gasteiger partial charge in [0.1, 0.15) is 16.8 Å². The van der Waals surface area contributed by atoms with Crippen molar-refractivity contribution in [3.05, 3.63) is 45.4 Å². The molecule has 1 aromatic carbocycles. The lowest BCUT2D eigenvalue weighted by Crippen LogP contribution is -2.50. The molecule has 3 aliphatic heterocycles. The molecular weight excluding hydrogens is 463 g/mol. The van der Waals surface area contributed by atoms with Gasteiger partial charge < -0.3 is 14.7 Å². The molecule has 10 nitrogen and oxygen atoms in total. The van der Waals surface area contributed by atoms with Crippen molar-refractivity contribution < 1.29 is 19.0 Å². The molecule has 2 aromatic heterocycles. The van der Waals surface area contributed by atoms with Gasteiger partial charge in [0.25, 0.3) is 0 Å². The fourth-order valence-corrected chi connectivity index (χ4v) is 5.57. The molecule has 1 atom stereocenters. The van der Waals surface area contributed by atoms with Crippen molar-refractivity contribution in [3.8, 4) is 5.75 Å². The molecule has 0 bridgehead atoms. The Balaban J connectivity index is 1.40. The molecule has 3 aliphatic rings. The van der Waals surface area contributed by atoms with Crippen molar-refractivity contribution in [3.63, 3.8) is 0 Å². The Labute approximate surface area is 197 Å². The fraction of sp³-hybridized carbons (Fsp3) is 0.364. The summed E-state index contributed by atoms with van der Waals surface area (Å²) in [5.74, 6) is -1.68. The first-order valence-corrected chi connectivity index (χ1v) is 11.7. The van der Waals surface area contributed by atoms with Crippen LogP contribution in [0.1, 0.15) is 16.8 Å². The number of halogens is 1. The number of benzene rings is 1. The van der Waals surface area contributed by atoms with E-state index in [1.54, 1.807) is 22.9 Å². The molecule has 12 heteroatoms. The Hall–Kier alpha value is -3.51. The number of carboxylic acids is 1. The third-order valence-corrected chi connectivity index (χ3v) is 7.26. The number of rotatable bonds is 3. The van der Waals surface area contributed by atoms with Crippen LogP contribution in [0.2, 0.25) is 0 Å². The smallest absolute Gasteiger partial charge is 0.341 e. The molecule has 6 rings (SSSR count). The molecule has 0 unspecified atom stereocenters. The van der Waals surface area contributed by atoms with Crippen LogP contribution in [0.4, 0.5) is 15.2 Å². The quantitative estimate of drug-likeness (QED) is 0.601. The lowest BCUT2D eigenvalue weighted by atomic mass is 10.1. The second-order valence-electron chi connectivity index (χ2n) is 8.65. The minimum atomic E-state index is -1.35. The highest BCUT2D eigenvalue weighted by molar-refractivity contribution is 7.13. The number of anilines is 1. The van der Waals surface area contributed by atoms with Crippen LogP contribution in [0.5, 0.6) is 5.75 Å². The van der Waals surface area contributed by atoms with Crippen molar-refractivity contribution in [1.82, 2.24) is 14.6 Å². The van der Waals surface area contributed by atoms with Crippen molar-refractivity contribution in [2.45, 2.75) is 12.5 Å². The topological polar surface area (TPSA) is 104 Å². The maximum atomic E-state index is 15.5. The van der Waals surface area contributed by atoms with Crippen LogP contribution in [-0.4, -0.2) is 77.3 Å². The molecule has 0 spiro atoms. The van der Waals surface area contributed by atoms with Crippen LogP contribution in [0.25, 0.3) is 10.9 Å². The molecule has 2 saturated heterocycles. The molecule has 1 N–H and O–H groups in total. The number of carbonyl (C=O) groups is 1. The van der Waals surface area contributed by atoms with Crippen LogP contribution in [-0.2, 0) is 0 Å². The van der Waals surface area contributed by atoms with Crippen LogP contribution < -0.4 is 20.1 Å². The van der Waals surface area contributed by atoms with Gasteiger partial charge in [-0.3, -0.25) is 19.4 Å². The molecule has 0 radical (unpaired) electrons. The van der Waals surface area contributed by atoms with Gasteiger partial charge in [-0.2, -0.15) is 0 Å². The summed E-state index contributed by atoms with van der Waals surface area (Å²) in [6.45, 7) is 2.78. The monoisotopic (exact) mass is 484 g/mol. The number of aromatic carboxylic acids is 1. The number of hydrogen-bond acceptors (Lipinski definition) is 9. The number of carboxylic acid groups (broad SMARTS) is 1. The average molecular weight is 485 g/mol. The third-order valence-electron chi connectivity index (χ3n) is 6.60. The highest BCUT2D eigenvalue weighted by Gasteiger charge is 2.37. The number of hydrogen-bond donors (Lipinski definition) is 1. The van der Waals surface area contributed by atoms with Gasteiger partial charge in [0, 0.05) is 69.2 Å². The third kappa shape index (κ3) is 3.24. The van der Waals surface area contributed by atoms with E-state index < -0.39 is 22.8 Å². The summed E-state index contributed by atoms with van der Waals surface area (Å²) in [6.07, 6.45) is 3.78. The van der Waals surface area contributed by atoms with Gasteiger partial charge in [-0.05, 0) is 6.07 Å². The minimum Gasteiger partial charge on any atom is -0.477 e. The standard InChI is InChI=1S/C22H21FN6O4S/c1-26-11-33-20-17-14(19(30)15(21(31)32)10-29(17)26)7-16(23)18(20)28-4-3-27-8-12(6-13(27)9-28)25-22-24-2-5-34-22/h2,5,7,10,13H,3-4,6,8-9,11H2,1H3,(H,31,32)/t13-/m0/s1. The first kappa shape index (κ1) is 21.1. The molecule has 2 fully saturated rings. The number of aliphatic imine (C=N–C) groups is 1. The SMILES string of the molecule is CN1COc2c(N3CCN4CC(=Nc5nccs5)C[C@H]4C3)c(F)cc3c(=O)c(C(=O)O)cn1c23. The highest BCUT2D eigenvalue weighted by atomic mass is 32.1. The molecule has 34 heavy (non-hydrogen) atoms. The zero-order valence-corrected chi connectivity index (χ0v) is 19.1. The maximum absolute atomic E-state index is 15.5. The number of fused-ring (bicyclic) bond motifs is 1. The summed E-state index contributed by atoms with van der Waals surface area (Å²) in [5, 5.41) is 13.7. The van der Waals surface area contributed by atoms with Crippen molar-refractivity contribution in [2.24, 2.45) is 4.99 Å². The summed E-state index contributed by atoms with van der Waals surface area (Å²) in [7, 11) is 1.71. The number of aromatic nitrogens is 2. The van der Waals surface area contributed by atoms with Crippen LogP contribution in [0.15, 0.2) is 33.6 Å². The molecule has 5 heterocycles. The largest absolute Gasteiger partial charge is 0.477 e. The zero-order valence-electron chi connectivity index (χ0n) is 18.3. The van der Waals surface area contributed by atoms with Gasteiger partial charge in [0.2, 0.25) is 10.6 Å². The molecule has 0 amide bonds. The van der Waals surface area contributed by atoms with Gasteiger partial charge in [0.15, 0.2) is 18.3 Å². The first-order chi connectivity index (χ1) is 16.4. The van der Waals surface area contributed by atoms with E-state index in [0.717, 1.165) is 36.4 Å². The number of nitrogens with zero attached hydrogens (tertiary/aromatic N) is 6. The summed E-state index contributed by atoms with van der Waals surface area (Å²) in [6, 6.07) is 1.32. The van der Waals surface area contributed by atoms with Gasteiger partial charge in [-0.1, -0.05) is 0 Å². The minimum absolute atomic E-state index is 0.0138. The summed E-state index contributed by atoms with van der Waals surface area (Å²) >= 11 is 1.50. The number of pyridine rings is 1. The summed E-state index contributed by atoms with van der Waals surface area (Å²) in [5.41, 5.74) is 0.607. The molecular formula is C22H21FN6O4S. The van der Waals surface area contributed by atoms with E-state index in [1.807, 2.05) is 10.3 Å². The Kier molecular flexibility index (Phi) is 4.81. The Morgan fingerprint density at radius 2 is 2.24 bits per heavy atom. The second kappa shape index (κ2) is 7.77. The van der Waals surface area contributed by atoms with Gasteiger partial charge in [-0.15, -0.1) is 11.3 Å². The predicted molar refractivity (Wildman–Crippen MR) is 126 cm³/mol. The van der Waals surface area contributed by atoms with Crippen molar-refractivity contribution in [2.75, 3.05) is 49.9 Å².